The number of nitrogens with two attached hydrogens (primary N) is 1. The van der Waals surface area contributed by atoms with Gasteiger partial charge in [-0.1, -0.05) is 60.7 Å². The summed E-state index contributed by atoms with van der Waals surface area (Å²) in [5, 5.41) is 3.70. The molecular weight excluding hydrogens is 272 g/mol. The molecule has 1 aliphatic heterocycles. The number of hydrogen-bond donors (Lipinski definition) is 2. The van der Waals surface area contributed by atoms with Gasteiger partial charge in [-0.2, -0.15) is 0 Å². The molecule has 22 heavy (non-hydrogen) atoms. The van der Waals surface area contributed by atoms with Crippen LogP contribution in [0.1, 0.15) is 30.1 Å². The highest BCUT2D eigenvalue weighted by molar-refractivity contribution is 5.34. The Morgan fingerprint density at radius 3 is 2.32 bits per heavy atom. The van der Waals surface area contributed by atoms with Crippen molar-refractivity contribution in [2.75, 3.05) is 13.7 Å². The highest BCUT2D eigenvalue weighted by Gasteiger charge is 2.47. The largest absolute Gasteiger partial charge is 0.374 e. The molecule has 1 aliphatic rings. The van der Waals surface area contributed by atoms with E-state index in [1.54, 1.807) is 7.11 Å². The summed E-state index contributed by atoms with van der Waals surface area (Å²) in [5.41, 5.74) is 8.57. The zero-order chi connectivity index (χ0) is 15.4. The Morgan fingerprint density at radius 1 is 1.09 bits per heavy atom. The minimum Gasteiger partial charge on any atom is -0.374 e. The minimum absolute atomic E-state index is 0.00815. The van der Waals surface area contributed by atoms with E-state index in [2.05, 4.69) is 41.7 Å². The Hall–Kier alpha value is -1.68. The van der Waals surface area contributed by atoms with Crippen LogP contribution in [0.25, 0.3) is 0 Å². The molecule has 0 saturated carbocycles. The van der Waals surface area contributed by atoms with Crippen molar-refractivity contribution < 1.29 is 4.74 Å². The lowest BCUT2D eigenvalue weighted by atomic mass is 9.72. The van der Waals surface area contributed by atoms with Gasteiger partial charge in [-0.15, -0.1) is 0 Å². The molecule has 0 radical (unpaired) electrons. The van der Waals surface area contributed by atoms with Crippen LogP contribution in [0, 0.1) is 0 Å². The quantitative estimate of drug-likeness (QED) is 0.912. The van der Waals surface area contributed by atoms with E-state index in [0.29, 0.717) is 0 Å². The molecule has 3 heteroatoms. The van der Waals surface area contributed by atoms with Gasteiger partial charge < -0.3 is 15.8 Å². The van der Waals surface area contributed by atoms with E-state index < -0.39 is 5.54 Å². The number of benzene rings is 2. The number of methoxy groups -OCH3 is 1. The molecule has 116 valence electrons. The van der Waals surface area contributed by atoms with Crippen LogP contribution in [0.3, 0.4) is 0 Å². The Balaban J connectivity index is 2.12. The highest BCUT2D eigenvalue weighted by Crippen LogP contribution is 2.42. The monoisotopic (exact) mass is 296 g/mol. The fourth-order valence-electron chi connectivity index (χ4n) is 3.66. The van der Waals surface area contributed by atoms with Gasteiger partial charge >= 0.3 is 0 Å². The third-order valence-electron chi connectivity index (χ3n) is 4.70. The smallest absolute Gasteiger partial charge is 0.106 e. The molecule has 3 N–H and O–H groups in total. The molecule has 0 bridgehead atoms. The molecule has 2 aromatic rings. The second kappa shape index (κ2) is 6.61. The molecule has 0 aromatic heterocycles. The summed E-state index contributed by atoms with van der Waals surface area (Å²) in [6.07, 6.45) is 1.97. The lowest BCUT2D eigenvalue weighted by Crippen LogP contribution is -2.62. The predicted octanol–water partition coefficient (Wildman–Crippen LogP) is 2.98. The van der Waals surface area contributed by atoms with Crippen molar-refractivity contribution in [1.82, 2.24) is 5.32 Å². The Kier molecular flexibility index (Phi) is 4.57. The lowest BCUT2D eigenvalue weighted by molar-refractivity contribution is -0.0125. The summed E-state index contributed by atoms with van der Waals surface area (Å²) in [6.45, 7) is 0.954. The summed E-state index contributed by atoms with van der Waals surface area (Å²) in [6, 6.07) is 20.8. The Labute approximate surface area is 132 Å². The van der Waals surface area contributed by atoms with E-state index in [9.17, 15) is 0 Å². The van der Waals surface area contributed by atoms with Crippen molar-refractivity contribution in [3.63, 3.8) is 0 Å². The molecule has 2 aromatic carbocycles. The van der Waals surface area contributed by atoms with Crippen molar-refractivity contribution >= 4 is 0 Å². The van der Waals surface area contributed by atoms with Crippen molar-refractivity contribution in [2.24, 2.45) is 5.73 Å². The van der Waals surface area contributed by atoms with Gasteiger partial charge in [-0.05, 0) is 30.5 Å². The molecule has 1 fully saturated rings. The van der Waals surface area contributed by atoms with E-state index in [4.69, 9.17) is 10.5 Å². The first-order valence-corrected chi connectivity index (χ1v) is 7.93. The van der Waals surface area contributed by atoms with Crippen LogP contribution in [0.4, 0.5) is 0 Å². The van der Waals surface area contributed by atoms with Crippen molar-refractivity contribution in [2.45, 2.75) is 30.5 Å². The van der Waals surface area contributed by atoms with E-state index in [1.165, 1.54) is 5.56 Å². The normalized spacial score (nSPS) is 26.5. The first-order valence-electron chi connectivity index (χ1n) is 7.93. The van der Waals surface area contributed by atoms with Crippen LogP contribution < -0.4 is 11.1 Å². The van der Waals surface area contributed by atoms with Gasteiger partial charge in [0.05, 0.1) is 5.54 Å². The number of ether oxygens (including phenoxy) is 1. The van der Waals surface area contributed by atoms with Crippen LogP contribution in [0.2, 0.25) is 0 Å². The third-order valence-corrected chi connectivity index (χ3v) is 4.70. The number of rotatable bonds is 4. The second-order valence-corrected chi connectivity index (χ2v) is 5.94. The third kappa shape index (κ3) is 2.56. The molecule has 1 heterocycles. The van der Waals surface area contributed by atoms with Gasteiger partial charge in [-0.25, -0.2) is 0 Å². The van der Waals surface area contributed by atoms with Gasteiger partial charge in [0.15, 0.2) is 0 Å². The summed E-state index contributed by atoms with van der Waals surface area (Å²) in [5.74, 6) is 0. The molecule has 0 spiro atoms. The topological polar surface area (TPSA) is 47.3 Å². The Morgan fingerprint density at radius 2 is 1.73 bits per heavy atom. The predicted molar refractivity (Wildman–Crippen MR) is 89.5 cm³/mol. The van der Waals surface area contributed by atoms with E-state index in [1.807, 2.05) is 24.3 Å². The molecule has 0 aliphatic carbocycles. The van der Waals surface area contributed by atoms with E-state index in [-0.39, 0.29) is 12.1 Å². The molecule has 1 unspecified atom stereocenters. The molecule has 1 saturated heterocycles. The van der Waals surface area contributed by atoms with Crippen LogP contribution >= 0.6 is 0 Å². The molecule has 0 amide bonds. The molecule has 3 atom stereocenters. The SMILES string of the molecule is COC(c1ccccc1)[C@@]1(c2ccccc2)NCCC[C@@H]1N. The summed E-state index contributed by atoms with van der Waals surface area (Å²) in [7, 11) is 1.77. The van der Waals surface area contributed by atoms with Gasteiger partial charge in [0.1, 0.15) is 6.10 Å². The molecule has 3 rings (SSSR count). The first-order chi connectivity index (χ1) is 10.8. The number of nitrogens with one attached hydrogen (secondary N) is 1. The van der Waals surface area contributed by atoms with Crippen LogP contribution in [-0.4, -0.2) is 19.7 Å². The van der Waals surface area contributed by atoms with E-state index >= 15 is 0 Å². The van der Waals surface area contributed by atoms with E-state index in [0.717, 1.165) is 24.9 Å². The Bertz CT molecular complexity index is 587. The minimum atomic E-state index is -0.393. The van der Waals surface area contributed by atoms with Crippen LogP contribution in [0.5, 0.6) is 0 Å². The van der Waals surface area contributed by atoms with Crippen molar-refractivity contribution in [1.29, 1.82) is 0 Å². The summed E-state index contributed by atoms with van der Waals surface area (Å²) >= 11 is 0. The van der Waals surface area contributed by atoms with Gasteiger partial charge in [0, 0.05) is 13.2 Å². The highest BCUT2D eigenvalue weighted by atomic mass is 16.5. The standard InChI is InChI=1S/C19H24N2O/c1-22-18(15-9-4-2-5-10-15)19(16-11-6-3-7-12-16)17(20)13-8-14-21-19/h2-7,9-12,17-18,21H,8,13-14,20H2,1H3/t17-,18?,19-/m0/s1. The second-order valence-electron chi connectivity index (χ2n) is 5.94. The van der Waals surface area contributed by atoms with Gasteiger partial charge in [0.25, 0.3) is 0 Å². The molecule has 3 nitrogen and oxygen atoms in total. The number of hydrogen-bond acceptors (Lipinski definition) is 3. The first kappa shape index (κ1) is 15.2. The maximum atomic E-state index is 6.62. The maximum Gasteiger partial charge on any atom is 0.106 e. The number of piperidine rings is 1. The zero-order valence-corrected chi connectivity index (χ0v) is 13.0. The summed E-state index contributed by atoms with van der Waals surface area (Å²) < 4.78 is 5.96. The average Bonchev–Trinajstić information content (AvgIpc) is 2.59. The molecular formula is C19H24N2O. The van der Waals surface area contributed by atoms with Gasteiger partial charge in [0.2, 0.25) is 0 Å². The fraction of sp³-hybridized carbons (Fsp3) is 0.368. The maximum absolute atomic E-state index is 6.62. The van der Waals surface area contributed by atoms with Crippen LogP contribution in [0.15, 0.2) is 60.7 Å². The van der Waals surface area contributed by atoms with Crippen molar-refractivity contribution in [3.8, 4) is 0 Å². The fourth-order valence-corrected chi connectivity index (χ4v) is 3.66. The summed E-state index contributed by atoms with van der Waals surface area (Å²) in [4.78, 5) is 0. The van der Waals surface area contributed by atoms with Crippen molar-refractivity contribution in [3.05, 3.63) is 71.8 Å². The van der Waals surface area contributed by atoms with Crippen LogP contribution in [-0.2, 0) is 10.3 Å². The average molecular weight is 296 g/mol. The lowest BCUT2D eigenvalue weighted by Gasteiger charge is -2.48. The van der Waals surface area contributed by atoms with Gasteiger partial charge in [-0.3, -0.25) is 0 Å². The zero-order valence-electron chi connectivity index (χ0n) is 13.0.